The van der Waals surface area contributed by atoms with Crippen LogP contribution in [0.2, 0.25) is 0 Å². The number of fused-ring (bicyclic) bond motifs is 1. The van der Waals surface area contributed by atoms with E-state index < -0.39 is 0 Å². The molecule has 0 spiro atoms. The van der Waals surface area contributed by atoms with Gasteiger partial charge in [0, 0.05) is 19.5 Å². The van der Waals surface area contributed by atoms with Gasteiger partial charge in [-0.3, -0.25) is 9.59 Å². The van der Waals surface area contributed by atoms with Gasteiger partial charge in [0.25, 0.3) is 0 Å². The number of benzene rings is 1. The molecule has 2 amide bonds. The molecule has 0 unspecified atom stereocenters. The Labute approximate surface area is 141 Å². The van der Waals surface area contributed by atoms with E-state index >= 15 is 0 Å². The highest BCUT2D eigenvalue weighted by molar-refractivity contribution is 5.88. The quantitative estimate of drug-likeness (QED) is 0.932. The van der Waals surface area contributed by atoms with Gasteiger partial charge in [-0.05, 0) is 31.9 Å². The van der Waals surface area contributed by atoms with Crippen LogP contribution in [0.4, 0.5) is 0 Å². The summed E-state index contributed by atoms with van der Waals surface area (Å²) in [6, 6.07) is 7.53. The molecule has 2 aromatic rings. The number of nitrogens with one attached hydrogen (secondary N) is 1. The molecule has 1 aromatic carbocycles. The second kappa shape index (κ2) is 7.03. The lowest BCUT2D eigenvalue weighted by molar-refractivity contribution is -0.137. The van der Waals surface area contributed by atoms with Crippen molar-refractivity contribution < 1.29 is 9.59 Å². The van der Waals surface area contributed by atoms with Crippen molar-refractivity contribution in [1.82, 2.24) is 19.8 Å². The molecule has 1 aromatic heterocycles. The average molecular weight is 328 g/mol. The molecular formula is C18H24N4O2. The zero-order chi connectivity index (χ0) is 17.1. The average Bonchev–Trinajstić information content (AvgIpc) is 2.79. The molecule has 1 fully saturated rings. The van der Waals surface area contributed by atoms with Gasteiger partial charge in [0.2, 0.25) is 11.8 Å². The van der Waals surface area contributed by atoms with Crippen molar-refractivity contribution in [3.63, 3.8) is 0 Å². The third-order valence-electron chi connectivity index (χ3n) is 4.46. The molecule has 1 atom stereocenters. The van der Waals surface area contributed by atoms with Crippen molar-refractivity contribution in [2.45, 2.75) is 39.2 Å². The fourth-order valence-corrected chi connectivity index (χ4v) is 3.30. The molecule has 0 aliphatic carbocycles. The molecule has 1 N–H and O–H groups in total. The smallest absolute Gasteiger partial charge is 0.245 e. The van der Waals surface area contributed by atoms with E-state index in [0.29, 0.717) is 13.1 Å². The first kappa shape index (κ1) is 16.5. The molecule has 0 radical (unpaired) electrons. The molecule has 24 heavy (non-hydrogen) atoms. The number of carbonyl (C=O) groups is 2. The van der Waals surface area contributed by atoms with Crippen molar-refractivity contribution in [3.8, 4) is 0 Å². The summed E-state index contributed by atoms with van der Waals surface area (Å²) in [5, 5.41) is 2.81. The van der Waals surface area contributed by atoms with Gasteiger partial charge in [0.1, 0.15) is 11.9 Å². The largest absolute Gasteiger partial charge is 0.354 e. The summed E-state index contributed by atoms with van der Waals surface area (Å²) in [7, 11) is 0. The van der Waals surface area contributed by atoms with Crippen molar-refractivity contribution in [3.05, 3.63) is 30.1 Å². The fourth-order valence-electron chi connectivity index (χ4n) is 3.30. The molecule has 128 valence electrons. The van der Waals surface area contributed by atoms with E-state index in [0.717, 1.165) is 36.1 Å². The van der Waals surface area contributed by atoms with Crippen LogP contribution >= 0.6 is 0 Å². The van der Waals surface area contributed by atoms with Gasteiger partial charge in [-0.2, -0.15) is 0 Å². The Morgan fingerprint density at radius 1 is 1.38 bits per heavy atom. The minimum atomic E-state index is -0.371. The summed E-state index contributed by atoms with van der Waals surface area (Å²) in [4.78, 5) is 31.1. The lowest BCUT2D eigenvalue weighted by atomic mass is 10.2. The van der Waals surface area contributed by atoms with Gasteiger partial charge in [0.15, 0.2) is 0 Å². The number of aromatic nitrogens is 2. The van der Waals surface area contributed by atoms with Crippen LogP contribution in [0.15, 0.2) is 24.3 Å². The summed E-state index contributed by atoms with van der Waals surface area (Å²) in [5.74, 6) is 0.823. The first-order chi connectivity index (χ1) is 11.6. The van der Waals surface area contributed by atoms with Crippen LogP contribution in [0.5, 0.6) is 0 Å². The van der Waals surface area contributed by atoms with Gasteiger partial charge in [0.05, 0.1) is 17.6 Å². The minimum Gasteiger partial charge on any atom is -0.354 e. The van der Waals surface area contributed by atoms with Gasteiger partial charge < -0.3 is 14.8 Å². The number of nitrogens with zero attached hydrogens (tertiary/aromatic N) is 3. The van der Waals surface area contributed by atoms with E-state index in [1.54, 1.807) is 4.90 Å². The van der Waals surface area contributed by atoms with Crippen molar-refractivity contribution in [2.75, 3.05) is 19.6 Å². The van der Waals surface area contributed by atoms with Crippen LogP contribution in [0.3, 0.4) is 0 Å². The maximum Gasteiger partial charge on any atom is 0.245 e. The van der Waals surface area contributed by atoms with Crippen molar-refractivity contribution >= 4 is 22.8 Å². The van der Waals surface area contributed by atoms with E-state index in [2.05, 4.69) is 12.2 Å². The number of hydrogen-bond donors (Lipinski definition) is 1. The molecular weight excluding hydrogens is 304 g/mol. The number of aryl methyl sites for hydroxylation is 1. The number of para-hydroxylation sites is 2. The van der Waals surface area contributed by atoms with Crippen molar-refractivity contribution in [1.29, 1.82) is 0 Å². The van der Waals surface area contributed by atoms with E-state index in [4.69, 9.17) is 4.98 Å². The molecule has 0 bridgehead atoms. The molecule has 3 rings (SSSR count). The Hall–Kier alpha value is -2.37. The summed E-state index contributed by atoms with van der Waals surface area (Å²) >= 11 is 0. The monoisotopic (exact) mass is 328 g/mol. The fraction of sp³-hybridized carbons (Fsp3) is 0.500. The molecule has 2 heterocycles. The second-order valence-electron chi connectivity index (χ2n) is 6.28. The SMILES string of the molecule is CCCc1nc2ccccc2n1[C@H](C)C(=O)N1CCCNC(=O)C1. The topological polar surface area (TPSA) is 67.2 Å². The van der Waals surface area contributed by atoms with E-state index in [9.17, 15) is 9.59 Å². The first-order valence-corrected chi connectivity index (χ1v) is 8.63. The van der Waals surface area contributed by atoms with Crippen LogP contribution in [0.1, 0.15) is 38.6 Å². The van der Waals surface area contributed by atoms with Crippen LogP contribution in [-0.2, 0) is 16.0 Å². The highest BCUT2D eigenvalue weighted by atomic mass is 16.2. The summed E-state index contributed by atoms with van der Waals surface area (Å²) in [6.45, 7) is 5.39. The number of rotatable bonds is 4. The summed E-state index contributed by atoms with van der Waals surface area (Å²) in [5.41, 5.74) is 1.88. The lowest BCUT2D eigenvalue weighted by Crippen LogP contribution is -2.41. The maximum absolute atomic E-state index is 13.0. The predicted octanol–water partition coefficient (Wildman–Crippen LogP) is 1.90. The Morgan fingerprint density at radius 2 is 2.17 bits per heavy atom. The van der Waals surface area contributed by atoms with Crippen LogP contribution in [-0.4, -0.2) is 45.9 Å². The normalized spacial score (nSPS) is 16.8. The molecule has 1 saturated heterocycles. The first-order valence-electron chi connectivity index (χ1n) is 8.63. The Balaban J connectivity index is 1.94. The molecule has 6 nitrogen and oxygen atoms in total. The van der Waals surface area contributed by atoms with Gasteiger partial charge in [-0.15, -0.1) is 0 Å². The molecule has 1 aliphatic rings. The molecule has 1 aliphatic heterocycles. The molecule has 6 heteroatoms. The van der Waals surface area contributed by atoms with E-state index in [1.807, 2.05) is 35.8 Å². The highest BCUT2D eigenvalue weighted by Crippen LogP contribution is 2.23. The number of amides is 2. The zero-order valence-electron chi connectivity index (χ0n) is 14.3. The van der Waals surface area contributed by atoms with E-state index in [-0.39, 0.29) is 24.4 Å². The minimum absolute atomic E-state index is 0.0208. The highest BCUT2D eigenvalue weighted by Gasteiger charge is 2.27. The van der Waals surface area contributed by atoms with Crippen LogP contribution in [0, 0.1) is 0 Å². The number of imidazole rings is 1. The van der Waals surface area contributed by atoms with Gasteiger partial charge >= 0.3 is 0 Å². The third kappa shape index (κ3) is 3.13. The maximum atomic E-state index is 13.0. The number of carbonyl (C=O) groups excluding carboxylic acids is 2. The van der Waals surface area contributed by atoms with Crippen molar-refractivity contribution in [2.24, 2.45) is 0 Å². The van der Waals surface area contributed by atoms with E-state index in [1.165, 1.54) is 0 Å². The predicted molar refractivity (Wildman–Crippen MR) is 92.6 cm³/mol. The Morgan fingerprint density at radius 3 is 2.96 bits per heavy atom. The zero-order valence-corrected chi connectivity index (χ0v) is 14.3. The Kier molecular flexibility index (Phi) is 4.83. The van der Waals surface area contributed by atoms with Crippen LogP contribution in [0.25, 0.3) is 11.0 Å². The Bertz CT molecular complexity index is 753. The second-order valence-corrected chi connectivity index (χ2v) is 6.28. The number of hydrogen-bond acceptors (Lipinski definition) is 3. The molecule has 0 saturated carbocycles. The third-order valence-corrected chi connectivity index (χ3v) is 4.46. The lowest BCUT2D eigenvalue weighted by Gasteiger charge is -2.25. The van der Waals surface area contributed by atoms with Crippen LogP contribution < -0.4 is 5.32 Å². The van der Waals surface area contributed by atoms with Gasteiger partial charge in [-0.25, -0.2) is 4.98 Å². The summed E-state index contributed by atoms with van der Waals surface area (Å²) < 4.78 is 2.03. The summed E-state index contributed by atoms with van der Waals surface area (Å²) in [6.07, 6.45) is 2.58. The standard InChI is InChI=1S/C18H24N4O2/c1-3-7-16-20-14-8-4-5-9-15(14)22(16)13(2)18(24)21-11-6-10-19-17(23)12-21/h4-5,8-9,13H,3,6-7,10-12H2,1-2H3,(H,19,23)/t13-/m1/s1. The van der Waals surface area contributed by atoms with Gasteiger partial charge in [-0.1, -0.05) is 19.1 Å².